The fourth-order valence-corrected chi connectivity index (χ4v) is 2.74. The zero-order valence-electron chi connectivity index (χ0n) is 7.89. The molecule has 0 rings (SSSR count). The number of carbonyl (C=O) groups is 1. The Balaban J connectivity index is 3.29. The fraction of sp³-hybridized carbons (Fsp3) is 0.875. The summed E-state index contributed by atoms with van der Waals surface area (Å²) in [7, 11) is 2.68. The van der Waals surface area contributed by atoms with Crippen LogP contribution < -0.4 is 0 Å². The van der Waals surface area contributed by atoms with Crippen LogP contribution in [0.1, 0.15) is 32.1 Å². The van der Waals surface area contributed by atoms with Gasteiger partial charge < -0.3 is 5.11 Å². The predicted octanol–water partition coefficient (Wildman–Crippen LogP) is 3.55. The van der Waals surface area contributed by atoms with Crippen LogP contribution in [0.25, 0.3) is 0 Å². The standard InChI is InChI=1S/C8H16O2S4/c9-8(10)7(14-12)5-3-1-2-4-6-13-11/h7,11-12H,1-6H2,(H,9,10). The molecule has 14 heavy (non-hydrogen) atoms. The molecule has 0 amide bonds. The number of hydrogen-bond donors (Lipinski definition) is 3. The van der Waals surface area contributed by atoms with E-state index in [0.717, 1.165) is 42.2 Å². The summed E-state index contributed by atoms with van der Waals surface area (Å²) in [6.07, 6.45) is 5.13. The second-order valence-corrected chi connectivity index (χ2v) is 5.82. The van der Waals surface area contributed by atoms with Crippen LogP contribution in [-0.4, -0.2) is 22.1 Å². The maximum absolute atomic E-state index is 10.6. The van der Waals surface area contributed by atoms with Crippen molar-refractivity contribution in [3.63, 3.8) is 0 Å². The smallest absolute Gasteiger partial charge is 0.317 e. The molecule has 0 aromatic heterocycles. The molecule has 0 saturated heterocycles. The fourth-order valence-electron chi connectivity index (χ4n) is 1.07. The molecule has 1 unspecified atom stereocenters. The van der Waals surface area contributed by atoms with Crippen molar-refractivity contribution in [3.8, 4) is 0 Å². The molecule has 0 aromatic carbocycles. The van der Waals surface area contributed by atoms with E-state index in [-0.39, 0.29) is 5.25 Å². The molecule has 1 N–H and O–H groups in total. The summed E-state index contributed by atoms with van der Waals surface area (Å²) in [5.41, 5.74) is 0. The molecule has 0 aromatic rings. The lowest BCUT2D eigenvalue weighted by Crippen LogP contribution is -2.14. The molecule has 0 aliphatic heterocycles. The Kier molecular flexibility index (Phi) is 11.0. The molecule has 1 atom stereocenters. The van der Waals surface area contributed by atoms with Crippen LogP contribution in [0, 0.1) is 0 Å². The largest absolute Gasteiger partial charge is 0.480 e. The predicted molar refractivity (Wildman–Crippen MR) is 72.5 cm³/mol. The minimum Gasteiger partial charge on any atom is -0.480 e. The molecule has 6 heteroatoms. The molecular weight excluding hydrogens is 256 g/mol. The summed E-state index contributed by atoms with van der Waals surface area (Å²) in [6, 6.07) is 0. The second-order valence-electron chi connectivity index (χ2n) is 2.97. The third-order valence-corrected chi connectivity index (χ3v) is 4.33. The Labute approximate surface area is 104 Å². The van der Waals surface area contributed by atoms with Gasteiger partial charge in [-0.05, 0) is 12.8 Å². The third-order valence-electron chi connectivity index (χ3n) is 1.85. The summed E-state index contributed by atoms with van der Waals surface area (Å²) in [5.74, 6) is 0.322. The van der Waals surface area contributed by atoms with E-state index in [4.69, 9.17) is 5.11 Å². The molecule has 0 bridgehead atoms. The number of aliphatic carboxylic acids is 1. The van der Waals surface area contributed by atoms with Crippen LogP contribution in [-0.2, 0) is 4.79 Å². The number of hydrogen-bond acceptors (Lipinski definition) is 5. The van der Waals surface area contributed by atoms with Gasteiger partial charge in [0, 0.05) is 5.75 Å². The zero-order chi connectivity index (χ0) is 10.8. The molecule has 0 aliphatic carbocycles. The second kappa shape index (κ2) is 10.4. The quantitative estimate of drug-likeness (QED) is 0.341. The van der Waals surface area contributed by atoms with E-state index >= 15 is 0 Å². The Hall–Kier alpha value is 0.870. The maximum Gasteiger partial charge on any atom is 0.317 e. The average molecular weight is 272 g/mol. The molecule has 84 valence electrons. The molecule has 0 radical (unpaired) electrons. The van der Waals surface area contributed by atoms with Crippen LogP contribution in [0.2, 0.25) is 0 Å². The van der Waals surface area contributed by atoms with Gasteiger partial charge in [0.05, 0.1) is 0 Å². The monoisotopic (exact) mass is 272 g/mol. The van der Waals surface area contributed by atoms with Gasteiger partial charge in [-0.15, -0.1) is 23.3 Å². The van der Waals surface area contributed by atoms with Crippen molar-refractivity contribution in [1.82, 2.24) is 0 Å². The molecular formula is C8H16O2S4. The molecule has 0 fully saturated rings. The van der Waals surface area contributed by atoms with Crippen molar-refractivity contribution in [2.75, 3.05) is 5.75 Å². The lowest BCUT2D eigenvalue weighted by molar-refractivity contribution is -0.136. The Morgan fingerprint density at radius 1 is 1.21 bits per heavy atom. The van der Waals surface area contributed by atoms with E-state index in [1.165, 1.54) is 6.42 Å². The van der Waals surface area contributed by atoms with Crippen molar-refractivity contribution in [2.45, 2.75) is 37.4 Å². The van der Waals surface area contributed by atoms with Crippen LogP contribution in [0.3, 0.4) is 0 Å². The first-order valence-corrected chi connectivity index (χ1v) is 8.48. The van der Waals surface area contributed by atoms with Gasteiger partial charge >= 0.3 is 5.97 Å². The molecule has 0 aliphatic rings. The van der Waals surface area contributed by atoms with Crippen LogP contribution >= 0.6 is 44.9 Å². The molecule has 2 nitrogen and oxygen atoms in total. The number of carboxylic acids is 1. The first-order valence-electron chi connectivity index (χ1n) is 4.51. The van der Waals surface area contributed by atoms with Crippen molar-refractivity contribution >= 4 is 50.9 Å². The summed E-state index contributed by atoms with van der Waals surface area (Å²) in [4.78, 5) is 10.6. The highest BCUT2D eigenvalue weighted by Gasteiger charge is 2.15. The van der Waals surface area contributed by atoms with Gasteiger partial charge in [0.2, 0.25) is 0 Å². The topological polar surface area (TPSA) is 37.3 Å². The molecule has 0 saturated carbocycles. The minimum absolute atomic E-state index is 0.349. The molecule has 0 heterocycles. The van der Waals surface area contributed by atoms with Crippen molar-refractivity contribution in [2.24, 2.45) is 0 Å². The van der Waals surface area contributed by atoms with Crippen molar-refractivity contribution in [3.05, 3.63) is 0 Å². The van der Waals surface area contributed by atoms with E-state index in [9.17, 15) is 4.79 Å². The van der Waals surface area contributed by atoms with Crippen molar-refractivity contribution in [1.29, 1.82) is 0 Å². The number of carboxylic acid groups (broad SMARTS) is 1. The van der Waals surface area contributed by atoms with Gasteiger partial charge in [0.1, 0.15) is 5.25 Å². The van der Waals surface area contributed by atoms with Crippen LogP contribution in [0.4, 0.5) is 0 Å². The minimum atomic E-state index is -0.754. The van der Waals surface area contributed by atoms with E-state index in [0.29, 0.717) is 0 Å². The van der Waals surface area contributed by atoms with Gasteiger partial charge in [0.25, 0.3) is 0 Å². The first kappa shape index (κ1) is 14.9. The Morgan fingerprint density at radius 2 is 1.86 bits per heavy atom. The lowest BCUT2D eigenvalue weighted by Gasteiger charge is -2.07. The highest BCUT2D eigenvalue weighted by atomic mass is 33.1. The van der Waals surface area contributed by atoms with Gasteiger partial charge in [-0.1, -0.05) is 40.9 Å². The summed E-state index contributed by atoms with van der Waals surface area (Å²) in [6.45, 7) is 0. The van der Waals surface area contributed by atoms with Gasteiger partial charge in [0.15, 0.2) is 0 Å². The highest BCUT2D eigenvalue weighted by molar-refractivity contribution is 8.69. The lowest BCUT2D eigenvalue weighted by atomic mass is 10.1. The normalized spacial score (nSPS) is 12.7. The molecule has 0 spiro atoms. The third kappa shape index (κ3) is 8.20. The Morgan fingerprint density at radius 3 is 2.36 bits per heavy atom. The van der Waals surface area contributed by atoms with E-state index in [1.54, 1.807) is 10.8 Å². The van der Waals surface area contributed by atoms with E-state index < -0.39 is 5.97 Å². The number of thiol groups is 2. The Bertz CT molecular complexity index is 154. The number of rotatable bonds is 9. The van der Waals surface area contributed by atoms with E-state index in [2.05, 4.69) is 23.3 Å². The van der Waals surface area contributed by atoms with Crippen molar-refractivity contribution < 1.29 is 9.90 Å². The maximum atomic E-state index is 10.6. The number of unbranched alkanes of at least 4 members (excludes halogenated alkanes) is 3. The first-order chi connectivity index (χ1) is 6.72. The van der Waals surface area contributed by atoms with Gasteiger partial charge in [-0.2, -0.15) is 0 Å². The van der Waals surface area contributed by atoms with Crippen LogP contribution in [0.5, 0.6) is 0 Å². The SMILES string of the molecule is O=C(O)C(CCCCCCSS)SS. The summed E-state index contributed by atoms with van der Waals surface area (Å²) >= 11 is 7.98. The van der Waals surface area contributed by atoms with Gasteiger partial charge in [-0.3, -0.25) is 4.79 Å². The highest BCUT2D eigenvalue weighted by Crippen LogP contribution is 2.21. The van der Waals surface area contributed by atoms with Crippen LogP contribution in [0.15, 0.2) is 0 Å². The average Bonchev–Trinajstić information content (AvgIpc) is 2.16. The van der Waals surface area contributed by atoms with Gasteiger partial charge in [-0.25, -0.2) is 0 Å². The summed E-state index contributed by atoms with van der Waals surface area (Å²) in [5, 5.41) is 8.38. The zero-order valence-corrected chi connectivity index (χ0v) is 11.3. The summed E-state index contributed by atoms with van der Waals surface area (Å²) < 4.78 is 0. The van der Waals surface area contributed by atoms with E-state index in [1.807, 2.05) is 0 Å².